The Kier molecular flexibility index (Phi) is 3.26. The van der Waals surface area contributed by atoms with Crippen LogP contribution in [-0.2, 0) is 0 Å². The Morgan fingerprint density at radius 2 is 2.17 bits per heavy atom. The number of nitrogens with two attached hydrogens (primary N) is 1. The Morgan fingerprint density at radius 1 is 1.50 bits per heavy atom. The minimum absolute atomic E-state index is 0.237. The SMILES string of the molecule is C[C@H](N)C(O)c1cccc(Br)c1. The highest BCUT2D eigenvalue weighted by Gasteiger charge is 2.11. The highest BCUT2D eigenvalue weighted by atomic mass is 79.9. The minimum Gasteiger partial charge on any atom is -0.387 e. The molecule has 1 unspecified atom stereocenters. The van der Waals surface area contributed by atoms with Crippen LogP contribution in [-0.4, -0.2) is 11.1 Å². The molecule has 3 heteroatoms. The Bertz CT molecular complexity index is 262. The maximum Gasteiger partial charge on any atom is 0.0938 e. The summed E-state index contributed by atoms with van der Waals surface area (Å²) in [4.78, 5) is 0. The zero-order valence-corrected chi connectivity index (χ0v) is 8.45. The van der Waals surface area contributed by atoms with E-state index in [-0.39, 0.29) is 6.04 Å². The first-order valence-corrected chi connectivity index (χ1v) is 4.59. The van der Waals surface area contributed by atoms with Gasteiger partial charge in [0.2, 0.25) is 0 Å². The van der Waals surface area contributed by atoms with Crippen LogP contribution in [0.5, 0.6) is 0 Å². The van der Waals surface area contributed by atoms with Gasteiger partial charge in [0.15, 0.2) is 0 Å². The van der Waals surface area contributed by atoms with E-state index in [9.17, 15) is 5.11 Å². The lowest BCUT2D eigenvalue weighted by Gasteiger charge is -2.14. The van der Waals surface area contributed by atoms with Gasteiger partial charge in [-0.15, -0.1) is 0 Å². The Labute approximate surface area is 80.5 Å². The zero-order valence-electron chi connectivity index (χ0n) is 6.87. The van der Waals surface area contributed by atoms with Crippen molar-refractivity contribution in [2.45, 2.75) is 19.1 Å². The molecule has 0 fully saturated rings. The summed E-state index contributed by atoms with van der Waals surface area (Å²) < 4.78 is 0.958. The second-order valence-corrected chi connectivity index (χ2v) is 3.77. The van der Waals surface area contributed by atoms with E-state index in [1.54, 1.807) is 6.92 Å². The fourth-order valence-electron chi connectivity index (χ4n) is 0.994. The maximum absolute atomic E-state index is 9.58. The van der Waals surface area contributed by atoms with Crippen molar-refractivity contribution >= 4 is 15.9 Å². The normalized spacial score (nSPS) is 15.7. The van der Waals surface area contributed by atoms with Gasteiger partial charge in [0.25, 0.3) is 0 Å². The Balaban J connectivity index is 2.88. The fourth-order valence-corrected chi connectivity index (χ4v) is 1.41. The predicted octanol–water partition coefficient (Wildman–Crippen LogP) is 1.83. The third-order valence-electron chi connectivity index (χ3n) is 1.69. The van der Waals surface area contributed by atoms with Crippen LogP contribution in [0, 0.1) is 0 Å². The molecule has 0 aromatic heterocycles. The van der Waals surface area contributed by atoms with Crippen molar-refractivity contribution in [3.63, 3.8) is 0 Å². The van der Waals surface area contributed by atoms with Gasteiger partial charge in [-0.25, -0.2) is 0 Å². The molecule has 1 aromatic carbocycles. The molecule has 0 radical (unpaired) electrons. The smallest absolute Gasteiger partial charge is 0.0938 e. The number of hydrogen-bond acceptors (Lipinski definition) is 2. The summed E-state index contributed by atoms with van der Waals surface area (Å²) in [5, 5.41) is 9.58. The standard InChI is InChI=1S/C9H12BrNO/c1-6(11)9(12)7-3-2-4-8(10)5-7/h2-6,9,12H,11H2,1H3/t6-,9?/m0/s1. The van der Waals surface area contributed by atoms with E-state index in [2.05, 4.69) is 15.9 Å². The van der Waals surface area contributed by atoms with Gasteiger partial charge in [0.1, 0.15) is 0 Å². The molecule has 66 valence electrons. The summed E-state index contributed by atoms with van der Waals surface area (Å²) in [6.07, 6.45) is -0.581. The van der Waals surface area contributed by atoms with Crippen LogP contribution in [0.2, 0.25) is 0 Å². The molecule has 0 aliphatic carbocycles. The first kappa shape index (κ1) is 9.71. The van der Waals surface area contributed by atoms with Crippen molar-refractivity contribution in [1.82, 2.24) is 0 Å². The van der Waals surface area contributed by atoms with Gasteiger partial charge in [-0.2, -0.15) is 0 Å². The summed E-state index contributed by atoms with van der Waals surface area (Å²) in [6.45, 7) is 1.78. The Hall–Kier alpha value is -0.380. The van der Waals surface area contributed by atoms with Crippen molar-refractivity contribution in [3.05, 3.63) is 34.3 Å². The van der Waals surface area contributed by atoms with Crippen LogP contribution < -0.4 is 5.73 Å². The van der Waals surface area contributed by atoms with Crippen molar-refractivity contribution < 1.29 is 5.11 Å². The quantitative estimate of drug-likeness (QED) is 0.814. The molecule has 1 rings (SSSR count). The molecule has 0 aliphatic heterocycles. The van der Waals surface area contributed by atoms with Gasteiger partial charge in [-0.05, 0) is 24.6 Å². The number of halogens is 1. The molecule has 0 amide bonds. The molecule has 0 saturated carbocycles. The number of hydrogen-bond donors (Lipinski definition) is 2. The topological polar surface area (TPSA) is 46.2 Å². The lowest BCUT2D eigenvalue weighted by atomic mass is 10.0. The van der Waals surface area contributed by atoms with Gasteiger partial charge < -0.3 is 10.8 Å². The molecule has 0 spiro atoms. The van der Waals surface area contributed by atoms with Crippen LogP contribution in [0.25, 0.3) is 0 Å². The summed E-state index contributed by atoms with van der Waals surface area (Å²) >= 11 is 3.33. The second-order valence-electron chi connectivity index (χ2n) is 2.86. The zero-order chi connectivity index (χ0) is 9.14. The molecule has 3 N–H and O–H groups in total. The van der Waals surface area contributed by atoms with Crippen molar-refractivity contribution in [1.29, 1.82) is 0 Å². The first-order valence-electron chi connectivity index (χ1n) is 3.80. The third-order valence-corrected chi connectivity index (χ3v) is 2.18. The summed E-state index contributed by atoms with van der Waals surface area (Å²) in [5.41, 5.74) is 6.40. The monoisotopic (exact) mass is 229 g/mol. The number of benzene rings is 1. The average molecular weight is 230 g/mol. The predicted molar refractivity (Wildman–Crippen MR) is 52.8 cm³/mol. The largest absolute Gasteiger partial charge is 0.387 e. The molecule has 1 aromatic rings. The fraction of sp³-hybridized carbons (Fsp3) is 0.333. The second kappa shape index (κ2) is 4.03. The number of rotatable bonds is 2. The number of aliphatic hydroxyl groups excluding tert-OH is 1. The summed E-state index contributed by atoms with van der Waals surface area (Å²) in [7, 11) is 0. The van der Waals surface area contributed by atoms with Crippen LogP contribution in [0.1, 0.15) is 18.6 Å². The highest BCUT2D eigenvalue weighted by molar-refractivity contribution is 9.10. The van der Waals surface area contributed by atoms with Crippen LogP contribution in [0.15, 0.2) is 28.7 Å². The molecule has 0 heterocycles. The molecule has 0 aliphatic rings. The molecule has 0 bridgehead atoms. The van der Waals surface area contributed by atoms with Crippen LogP contribution in [0.4, 0.5) is 0 Å². The molecular weight excluding hydrogens is 218 g/mol. The van der Waals surface area contributed by atoms with Crippen LogP contribution in [0.3, 0.4) is 0 Å². The van der Waals surface area contributed by atoms with Gasteiger partial charge in [0.05, 0.1) is 6.10 Å². The van der Waals surface area contributed by atoms with Crippen LogP contribution >= 0.6 is 15.9 Å². The van der Waals surface area contributed by atoms with E-state index in [0.29, 0.717) is 0 Å². The molecule has 2 atom stereocenters. The lowest BCUT2D eigenvalue weighted by Crippen LogP contribution is -2.24. The third kappa shape index (κ3) is 2.30. The van der Waals surface area contributed by atoms with E-state index < -0.39 is 6.10 Å². The first-order chi connectivity index (χ1) is 5.61. The Morgan fingerprint density at radius 3 is 2.67 bits per heavy atom. The average Bonchev–Trinajstić information content (AvgIpc) is 2.03. The number of aliphatic hydroxyl groups is 1. The molecular formula is C9H12BrNO. The molecule has 0 saturated heterocycles. The van der Waals surface area contributed by atoms with E-state index in [4.69, 9.17) is 5.73 Å². The van der Waals surface area contributed by atoms with E-state index in [0.717, 1.165) is 10.0 Å². The van der Waals surface area contributed by atoms with E-state index >= 15 is 0 Å². The van der Waals surface area contributed by atoms with Gasteiger partial charge in [-0.1, -0.05) is 28.1 Å². The summed E-state index contributed by atoms with van der Waals surface area (Å²) in [5.74, 6) is 0. The summed E-state index contributed by atoms with van der Waals surface area (Å²) in [6, 6.07) is 7.29. The lowest BCUT2D eigenvalue weighted by molar-refractivity contribution is 0.153. The van der Waals surface area contributed by atoms with E-state index in [1.807, 2.05) is 24.3 Å². The van der Waals surface area contributed by atoms with Gasteiger partial charge >= 0.3 is 0 Å². The van der Waals surface area contributed by atoms with Gasteiger partial charge in [0, 0.05) is 10.5 Å². The van der Waals surface area contributed by atoms with Crippen molar-refractivity contribution in [3.8, 4) is 0 Å². The maximum atomic E-state index is 9.58. The van der Waals surface area contributed by atoms with Crippen molar-refractivity contribution in [2.75, 3.05) is 0 Å². The van der Waals surface area contributed by atoms with E-state index in [1.165, 1.54) is 0 Å². The molecule has 2 nitrogen and oxygen atoms in total. The highest BCUT2D eigenvalue weighted by Crippen LogP contribution is 2.19. The van der Waals surface area contributed by atoms with Crippen molar-refractivity contribution in [2.24, 2.45) is 5.73 Å². The molecule has 12 heavy (non-hydrogen) atoms. The minimum atomic E-state index is -0.581. The van der Waals surface area contributed by atoms with Gasteiger partial charge in [-0.3, -0.25) is 0 Å².